The van der Waals surface area contributed by atoms with Gasteiger partial charge in [0.25, 0.3) is 5.91 Å². The van der Waals surface area contributed by atoms with Crippen molar-refractivity contribution in [3.05, 3.63) is 40.1 Å². The van der Waals surface area contributed by atoms with Crippen LogP contribution in [0, 0.1) is 20.8 Å². The molecule has 0 spiro atoms. The van der Waals surface area contributed by atoms with Crippen molar-refractivity contribution in [3.8, 4) is 0 Å². The minimum absolute atomic E-state index is 0.213. The van der Waals surface area contributed by atoms with Crippen molar-refractivity contribution in [2.24, 2.45) is 0 Å². The van der Waals surface area contributed by atoms with Crippen LogP contribution in [0.25, 0.3) is 5.57 Å². The Kier molecular flexibility index (Phi) is 8.87. The summed E-state index contributed by atoms with van der Waals surface area (Å²) in [5.74, 6) is 0.143. The molecule has 0 aromatic heterocycles. The van der Waals surface area contributed by atoms with Gasteiger partial charge in [-0.25, -0.2) is 14.8 Å². The van der Waals surface area contributed by atoms with Gasteiger partial charge in [0.2, 0.25) is 0 Å². The topological polar surface area (TPSA) is 71.1 Å². The largest absolute Gasteiger partial charge is 0.513 e. The quantitative estimate of drug-likeness (QED) is 0.755. The standard InChI is InChI=1S/C23H35N3O4/c1-7-29-23(28)30-19-10-8-12-26(25(5)6)13-9-11-24-22(27)21(19)20-17(3)14-16(2)15-18(20)4/h14-15H,7-13H2,1-6H3,(H,24,27). The highest BCUT2D eigenvalue weighted by atomic mass is 16.7. The molecular weight excluding hydrogens is 382 g/mol. The molecule has 1 aromatic rings. The lowest BCUT2D eigenvalue weighted by Gasteiger charge is -2.28. The van der Waals surface area contributed by atoms with Gasteiger partial charge < -0.3 is 14.8 Å². The number of nitrogens with one attached hydrogen (secondary N) is 1. The molecule has 1 N–H and O–H groups in total. The first-order chi connectivity index (χ1) is 14.2. The molecule has 30 heavy (non-hydrogen) atoms. The summed E-state index contributed by atoms with van der Waals surface area (Å²) in [7, 11) is 4.02. The Morgan fingerprint density at radius 3 is 2.37 bits per heavy atom. The van der Waals surface area contributed by atoms with Crippen molar-refractivity contribution in [1.82, 2.24) is 15.3 Å². The van der Waals surface area contributed by atoms with E-state index in [4.69, 9.17) is 9.47 Å². The lowest BCUT2D eigenvalue weighted by atomic mass is 9.91. The van der Waals surface area contributed by atoms with E-state index >= 15 is 0 Å². The van der Waals surface area contributed by atoms with Crippen molar-refractivity contribution >= 4 is 17.6 Å². The third kappa shape index (κ3) is 6.31. The van der Waals surface area contributed by atoms with E-state index in [1.54, 1.807) is 6.92 Å². The maximum atomic E-state index is 13.3. The molecule has 166 valence electrons. The minimum atomic E-state index is -0.778. The van der Waals surface area contributed by atoms with Crippen LogP contribution in [0.2, 0.25) is 0 Å². The second kappa shape index (κ2) is 11.1. The van der Waals surface area contributed by atoms with Gasteiger partial charge >= 0.3 is 6.16 Å². The second-order valence-electron chi connectivity index (χ2n) is 7.87. The zero-order valence-electron chi connectivity index (χ0n) is 19.1. The normalized spacial score (nSPS) is 16.8. The summed E-state index contributed by atoms with van der Waals surface area (Å²) in [5, 5.41) is 7.30. The smallest absolute Gasteiger partial charge is 0.434 e. The number of hydrazine groups is 1. The maximum absolute atomic E-state index is 13.3. The van der Waals surface area contributed by atoms with Crippen molar-refractivity contribution < 1.29 is 19.1 Å². The number of amides is 1. The van der Waals surface area contributed by atoms with Crippen LogP contribution in [0.15, 0.2) is 17.9 Å². The van der Waals surface area contributed by atoms with Crippen molar-refractivity contribution in [1.29, 1.82) is 0 Å². The molecule has 0 saturated carbocycles. The van der Waals surface area contributed by atoms with Gasteiger partial charge in [0, 0.05) is 40.2 Å². The zero-order chi connectivity index (χ0) is 22.3. The molecule has 0 bridgehead atoms. The predicted molar refractivity (Wildman–Crippen MR) is 118 cm³/mol. The number of aryl methyl sites for hydroxylation is 3. The summed E-state index contributed by atoms with van der Waals surface area (Å²) in [6.45, 7) is 10.1. The van der Waals surface area contributed by atoms with Crippen LogP contribution in [-0.4, -0.2) is 62.4 Å². The fraction of sp³-hybridized carbons (Fsp3) is 0.565. The van der Waals surface area contributed by atoms with E-state index in [2.05, 4.69) is 15.3 Å². The third-order valence-corrected chi connectivity index (χ3v) is 5.17. The van der Waals surface area contributed by atoms with E-state index in [-0.39, 0.29) is 12.5 Å². The fourth-order valence-electron chi connectivity index (χ4n) is 3.91. The van der Waals surface area contributed by atoms with Crippen molar-refractivity contribution in [2.75, 3.05) is 40.3 Å². The monoisotopic (exact) mass is 417 g/mol. The molecule has 1 aromatic carbocycles. The van der Waals surface area contributed by atoms with Gasteiger partial charge in [-0.2, -0.15) is 0 Å². The first kappa shape index (κ1) is 23.9. The molecule has 0 fully saturated rings. The van der Waals surface area contributed by atoms with E-state index in [0.29, 0.717) is 24.3 Å². The van der Waals surface area contributed by atoms with Crippen LogP contribution in [0.3, 0.4) is 0 Å². The van der Waals surface area contributed by atoms with E-state index in [0.717, 1.165) is 48.2 Å². The Morgan fingerprint density at radius 1 is 1.13 bits per heavy atom. The number of benzene rings is 1. The van der Waals surface area contributed by atoms with Crippen molar-refractivity contribution in [3.63, 3.8) is 0 Å². The van der Waals surface area contributed by atoms with Crippen LogP contribution in [-0.2, 0) is 14.3 Å². The maximum Gasteiger partial charge on any atom is 0.513 e. The average molecular weight is 418 g/mol. The molecule has 1 amide bonds. The lowest BCUT2D eigenvalue weighted by Crippen LogP contribution is -2.39. The SMILES string of the molecule is CCOC(=O)OC1=C(c2c(C)cc(C)cc2C)C(=O)NCCCN(N(C)C)CCC1. The highest BCUT2D eigenvalue weighted by molar-refractivity contribution is 6.21. The number of hydrogen-bond donors (Lipinski definition) is 1. The van der Waals surface area contributed by atoms with E-state index < -0.39 is 6.16 Å². The molecule has 1 heterocycles. The molecule has 7 nitrogen and oxygen atoms in total. The molecule has 0 unspecified atom stereocenters. The van der Waals surface area contributed by atoms with Gasteiger partial charge in [-0.15, -0.1) is 0 Å². The molecule has 2 rings (SSSR count). The van der Waals surface area contributed by atoms with Gasteiger partial charge in [0.15, 0.2) is 0 Å². The predicted octanol–water partition coefficient (Wildman–Crippen LogP) is 3.57. The Bertz CT molecular complexity index is 779. The minimum Gasteiger partial charge on any atom is -0.434 e. The number of allylic oxidation sites excluding steroid dienone is 1. The van der Waals surface area contributed by atoms with Crippen LogP contribution < -0.4 is 5.32 Å². The van der Waals surface area contributed by atoms with Crippen LogP contribution in [0.1, 0.15) is 48.4 Å². The Hall–Kier alpha value is -2.38. The van der Waals surface area contributed by atoms with Gasteiger partial charge in [-0.05, 0) is 57.2 Å². The summed E-state index contributed by atoms with van der Waals surface area (Å²) in [5.41, 5.74) is 4.33. The van der Waals surface area contributed by atoms with E-state index in [1.165, 1.54) is 0 Å². The van der Waals surface area contributed by atoms with Gasteiger partial charge in [-0.1, -0.05) is 17.7 Å². The Labute approximate surface area is 180 Å². The summed E-state index contributed by atoms with van der Waals surface area (Å²) < 4.78 is 10.6. The summed E-state index contributed by atoms with van der Waals surface area (Å²) in [6, 6.07) is 4.09. The average Bonchev–Trinajstić information content (AvgIpc) is 2.67. The summed E-state index contributed by atoms with van der Waals surface area (Å²) in [6.07, 6.45) is 1.25. The number of rotatable bonds is 4. The number of ether oxygens (including phenoxy) is 2. The summed E-state index contributed by atoms with van der Waals surface area (Å²) in [4.78, 5) is 25.5. The van der Waals surface area contributed by atoms with E-state index in [1.807, 2.05) is 47.0 Å². The molecule has 0 atom stereocenters. The molecule has 1 aliphatic heterocycles. The molecule has 0 aliphatic carbocycles. The Morgan fingerprint density at radius 2 is 1.77 bits per heavy atom. The third-order valence-electron chi connectivity index (χ3n) is 5.17. The lowest BCUT2D eigenvalue weighted by molar-refractivity contribution is -0.115. The molecule has 0 radical (unpaired) electrons. The molecule has 7 heteroatoms. The van der Waals surface area contributed by atoms with Crippen LogP contribution in [0.5, 0.6) is 0 Å². The van der Waals surface area contributed by atoms with Gasteiger partial charge in [0.1, 0.15) is 5.76 Å². The van der Waals surface area contributed by atoms with Crippen LogP contribution >= 0.6 is 0 Å². The Balaban J connectivity index is 2.55. The van der Waals surface area contributed by atoms with Gasteiger partial charge in [0.05, 0.1) is 12.2 Å². The molecule has 0 saturated heterocycles. The van der Waals surface area contributed by atoms with Crippen LogP contribution in [0.4, 0.5) is 4.79 Å². The van der Waals surface area contributed by atoms with Gasteiger partial charge in [-0.3, -0.25) is 4.79 Å². The fourth-order valence-corrected chi connectivity index (χ4v) is 3.91. The highest BCUT2D eigenvalue weighted by Gasteiger charge is 2.25. The second-order valence-corrected chi connectivity index (χ2v) is 7.87. The summed E-state index contributed by atoms with van der Waals surface area (Å²) >= 11 is 0. The molecular formula is C23H35N3O4. The van der Waals surface area contributed by atoms with E-state index in [9.17, 15) is 9.59 Å². The molecule has 1 aliphatic rings. The highest BCUT2D eigenvalue weighted by Crippen LogP contribution is 2.30. The van der Waals surface area contributed by atoms with Crippen molar-refractivity contribution in [2.45, 2.75) is 47.0 Å². The zero-order valence-corrected chi connectivity index (χ0v) is 19.1. The number of carbonyl (C=O) groups is 2. The number of carbonyl (C=O) groups excluding carboxylic acids is 2. The number of nitrogens with zero attached hydrogens (tertiary/aromatic N) is 2. The number of hydrogen-bond acceptors (Lipinski definition) is 6. The first-order valence-electron chi connectivity index (χ1n) is 10.6. The first-order valence-corrected chi connectivity index (χ1v) is 10.6.